The molecular formula is C12H18N3O2+. The van der Waals surface area contributed by atoms with E-state index in [2.05, 4.69) is 10.6 Å². The third-order valence-corrected chi connectivity index (χ3v) is 1.84. The van der Waals surface area contributed by atoms with Gasteiger partial charge in [0, 0.05) is 17.7 Å². The molecule has 0 aliphatic heterocycles. The van der Waals surface area contributed by atoms with E-state index in [-0.39, 0.29) is 18.0 Å². The van der Waals surface area contributed by atoms with Crippen molar-refractivity contribution in [2.45, 2.75) is 32.9 Å². The third kappa shape index (κ3) is 5.65. The summed E-state index contributed by atoms with van der Waals surface area (Å²) < 4.78 is 1.69. The second-order valence-electron chi connectivity index (χ2n) is 4.80. The number of amides is 3. The molecule has 0 saturated heterocycles. The predicted molar refractivity (Wildman–Crippen MR) is 63.1 cm³/mol. The van der Waals surface area contributed by atoms with Crippen molar-refractivity contribution >= 4 is 11.9 Å². The van der Waals surface area contributed by atoms with Crippen LogP contribution in [0.25, 0.3) is 0 Å². The summed E-state index contributed by atoms with van der Waals surface area (Å²) in [6.07, 6.45) is 3.53. The Kier molecular flexibility index (Phi) is 4.20. The van der Waals surface area contributed by atoms with Gasteiger partial charge in [0.05, 0.1) is 0 Å². The fourth-order valence-corrected chi connectivity index (χ4v) is 1.24. The van der Waals surface area contributed by atoms with Crippen LogP contribution in [0.2, 0.25) is 0 Å². The van der Waals surface area contributed by atoms with E-state index >= 15 is 0 Å². The average molecular weight is 236 g/mol. The van der Waals surface area contributed by atoms with E-state index < -0.39 is 6.03 Å². The van der Waals surface area contributed by atoms with Crippen LogP contribution in [0.5, 0.6) is 0 Å². The van der Waals surface area contributed by atoms with Gasteiger partial charge in [-0.3, -0.25) is 10.1 Å². The molecule has 92 valence electrons. The standard InChI is InChI=1S/C12H17N3O2/c1-12(2,3)14-11(17)13-10(16)9-15-7-5-4-6-8-15/h4-8H,9H2,1-3H3,(H-,13,14,16,17)/p+1. The second kappa shape index (κ2) is 5.43. The smallest absolute Gasteiger partial charge is 0.322 e. The molecule has 17 heavy (non-hydrogen) atoms. The molecule has 0 fully saturated rings. The Labute approximate surface area is 101 Å². The van der Waals surface area contributed by atoms with Gasteiger partial charge in [0.15, 0.2) is 12.4 Å². The average Bonchev–Trinajstić information content (AvgIpc) is 2.15. The Morgan fingerprint density at radius 2 is 1.71 bits per heavy atom. The van der Waals surface area contributed by atoms with Crippen LogP contribution in [-0.2, 0) is 11.3 Å². The highest BCUT2D eigenvalue weighted by Crippen LogP contribution is 1.97. The van der Waals surface area contributed by atoms with Crippen molar-refractivity contribution in [3.63, 3.8) is 0 Å². The maximum absolute atomic E-state index is 11.5. The van der Waals surface area contributed by atoms with Crippen LogP contribution in [-0.4, -0.2) is 17.5 Å². The first-order valence-electron chi connectivity index (χ1n) is 5.43. The first-order valence-corrected chi connectivity index (χ1v) is 5.43. The van der Waals surface area contributed by atoms with Gasteiger partial charge in [0.2, 0.25) is 6.54 Å². The zero-order chi connectivity index (χ0) is 12.9. The lowest BCUT2D eigenvalue weighted by atomic mass is 10.1. The lowest BCUT2D eigenvalue weighted by molar-refractivity contribution is -0.684. The van der Waals surface area contributed by atoms with Gasteiger partial charge in [-0.05, 0) is 20.8 Å². The Morgan fingerprint density at radius 3 is 2.24 bits per heavy atom. The minimum absolute atomic E-state index is 0.123. The summed E-state index contributed by atoms with van der Waals surface area (Å²) in [7, 11) is 0. The van der Waals surface area contributed by atoms with Gasteiger partial charge in [-0.1, -0.05) is 6.07 Å². The largest absolute Gasteiger partial charge is 0.333 e. The van der Waals surface area contributed by atoms with Crippen molar-refractivity contribution in [2.24, 2.45) is 0 Å². The molecule has 5 nitrogen and oxygen atoms in total. The third-order valence-electron chi connectivity index (χ3n) is 1.84. The van der Waals surface area contributed by atoms with Crippen LogP contribution in [0.1, 0.15) is 20.8 Å². The molecule has 0 aliphatic rings. The number of hydrogen-bond donors (Lipinski definition) is 2. The molecule has 0 aliphatic carbocycles. The Hall–Kier alpha value is -1.91. The fourth-order valence-electron chi connectivity index (χ4n) is 1.24. The molecule has 1 aromatic heterocycles. The Morgan fingerprint density at radius 1 is 1.12 bits per heavy atom. The van der Waals surface area contributed by atoms with Crippen LogP contribution in [0, 0.1) is 0 Å². The molecule has 0 radical (unpaired) electrons. The summed E-state index contributed by atoms with van der Waals surface area (Å²) in [5.74, 6) is -0.344. The van der Waals surface area contributed by atoms with E-state index in [9.17, 15) is 9.59 Å². The number of carbonyl (C=O) groups is 2. The molecule has 5 heteroatoms. The summed E-state index contributed by atoms with van der Waals surface area (Å²) in [6.45, 7) is 5.67. The number of hydrogen-bond acceptors (Lipinski definition) is 2. The maximum atomic E-state index is 11.5. The van der Waals surface area contributed by atoms with E-state index in [1.807, 2.05) is 39.0 Å². The summed E-state index contributed by atoms with van der Waals surface area (Å²) in [5.41, 5.74) is -0.357. The maximum Gasteiger partial charge on any atom is 0.322 e. The van der Waals surface area contributed by atoms with Gasteiger partial charge >= 0.3 is 6.03 Å². The fraction of sp³-hybridized carbons (Fsp3) is 0.417. The number of nitrogens with zero attached hydrogens (tertiary/aromatic N) is 1. The lowest BCUT2D eigenvalue weighted by Gasteiger charge is -2.19. The molecule has 2 N–H and O–H groups in total. The van der Waals surface area contributed by atoms with E-state index in [1.165, 1.54) is 0 Å². The van der Waals surface area contributed by atoms with Crippen LogP contribution < -0.4 is 15.2 Å². The highest BCUT2D eigenvalue weighted by molar-refractivity contribution is 5.93. The molecule has 0 bridgehead atoms. The normalized spacial score (nSPS) is 10.8. The monoisotopic (exact) mass is 236 g/mol. The highest BCUT2D eigenvalue weighted by atomic mass is 16.2. The molecule has 0 saturated carbocycles. The van der Waals surface area contributed by atoms with Crippen LogP contribution in [0.15, 0.2) is 30.6 Å². The summed E-state index contributed by atoms with van der Waals surface area (Å²) in [6, 6.07) is 5.03. The van der Waals surface area contributed by atoms with Crippen molar-refractivity contribution in [1.29, 1.82) is 0 Å². The van der Waals surface area contributed by atoms with Gasteiger partial charge in [-0.25, -0.2) is 4.79 Å². The van der Waals surface area contributed by atoms with E-state index in [4.69, 9.17) is 0 Å². The minimum atomic E-state index is -0.473. The van der Waals surface area contributed by atoms with Crippen LogP contribution >= 0.6 is 0 Å². The molecule has 0 spiro atoms. The topological polar surface area (TPSA) is 62.1 Å². The number of urea groups is 1. The zero-order valence-corrected chi connectivity index (χ0v) is 10.4. The molecule has 1 rings (SSSR count). The minimum Gasteiger partial charge on any atom is -0.333 e. The van der Waals surface area contributed by atoms with Crippen molar-refractivity contribution in [3.8, 4) is 0 Å². The predicted octanol–water partition coefficient (Wildman–Crippen LogP) is 0.598. The van der Waals surface area contributed by atoms with Crippen LogP contribution in [0.3, 0.4) is 0 Å². The van der Waals surface area contributed by atoms with Crippen molar-refractivity contribution < 1.29 is 14.2 Å². The van der Waals surface area contributed by atoms with Gasteiger partial charge in [-0.2, -0.15) is 4.57 Å². The van der Waals surface area contributed by atoms with E-state index in [0.717, 1.165) is 0 Å². The van der Waals surface area contributed by atoms with Gasteiger partial charge in [0.25, 0.3) is 5.91 Å². The zero-order valence-electron chi connectivity index (χ0n) is 10.4. The van der Waals surface area contributed by atoms with E-state index in [1.54, 1.807) is 17.0 Å². The molecule has 1 heterocycles. The van der Waals surface area contributed by atoms with Gasteiger partial charge in [0.1, 0.15) is 0 Å². The quantitative estimate of drug-likeness (QED) is 0.739. The number of imide groups is 1. The number of aromatic nitrogens is 1. The van der Waals surface area contributed by atoms with Crippen molar-refractivity contribution in [3.05, 3.63) is 30.6 Å². The SMILES string of the molecule is CC(C)(C)NC(=O)NC(=O)C[n+]1ccccc1. The summed E-state index contributed by atoms with van der Waals surface area (Å²) in [4.78, 5) is 22.9. The first kappa shape index (κ1) is 13.2. The van der Waals surface area contributed by atoms with Crippen LogP contribution in [0.4, 0.5) is 4.79 Å². The summed E-state index contributed by atoms with van der Waals surface area (Å²) in [5, 5.41) is 4.93. The number of carbonyl (C=O) groups excluding carboxylic acids is 2. The first-order chi connectivity index (χ1) is 7.87. The number of rotatable bonds is 2. The molecule has 3 amide bonds. The lowest BCUT2D eigenvalue weighted by Crippen LogP contribution is -2.51. The molecule has 0 aromatic carbocycles. The van der Waals surface area contributed by atoms with Crippen molar-refractivity contribution in [2.75, 3.05) is 0 Å². The molecule has 0 unspecified atom stereocenters. The summed E-state index contributed by atoms with van der Waals surface area (Å²) >= 11 is 0. The van der Waals surface area contributed by atoms with Crippen molar-refractivity contribution in [1.82, 2.24) is 10.6 Å². The molecular weight excluding hydrogens is 218 g/mol. The number of nitrogens with one attached hydrogen (secondary N) is 2. The Balaban J connectivity index is 2.43. The molecule has 0 atom stereocenters. The molecule has 1 aromatic rings. The van der Waals surface area contributed by atoms with Gasteiger partial charge in [-0.15, -0.1) is 0 Å². The number of pyridine rings is 1. The highest BCUT2D eigenvalue weighted by Gasteiger charge is 2.17. The second-order valence-corrected chi connectivity index (χ2v) is 4.80. The Bertz CT molecular complexity index is 396. The van der Waals surface area contributed by atoms with Gasteiger partial charge < -0.3 is 5.32 Å². The van der Waals surface area contributed by atoms with E-state index in [0.29, 0.717) is 0 Å².